The first-order valence-corrected chi connectivity index (χ1v) is 8.60. The summed E-state index contributed by atoms with van der Waals surface area (Å²) in [7, 11) is 3.14. The first-order chi connectivity index (χ1) is 13.1. The number of methoxy groups -OCH3 is 2. The van der Waals surface area contributed by atoms with Crippen molar-refractivity contribution in [3.63, 3.8) is 0 Å². The molecule has 2 N–H and O–H groups in total. The van der Waals surface area contributed by atoms with E-state index in [0.717, 1.165) is 12.0 Å². The summed E-state index contributed by atoms with van der Waals surface area (Å²) in [6, 6.07) is 5.54. The molecule has 0 saturated heterocycles. The van der Waals surface area contributed by atoms with E-state index in [1.165, 1.54) is 12.5 Å². The molecule has 0 aliphatic rings. The van der Waals surface area contributed by atoms with Gasteiger partial charge in [0.2, 0.25) is 0 Å². The highest BCUT2D eigenvalue weighted by Gasteiger charge is 2.17. The van der Waals surface area contributed by atoms with Crippen LogP contribution in [0.1, 0.15) is 29.3 Å². The van der Waals surface area contributed by atoms with Crippen LogP contribution < -0.4 is 24.8 Å². The van der Waals surface area contributed by atoms with Crippen LogP contribution in [0, 0.1) is 0 Å². The monoisotopic (exact) mass is 376 g/mol. The summed E-state index contributed by atoms with van der Waals surface area (Å²) in [5, 5.41) is 5.34. The molecule has 1 aromatic carbocycles. The third kappa shape index (κ3) is 5.67. The SMILES string of the molecule is CCCNC(=O)c1cocc1OC(=O)NCCc1ccc(OC)c(OC)c1. The van der Waals surface area contributed by atoms with Crippen molar-refractivity contribution in [1.82, 2.24) is 10.6 Å². The number of rotatable bonds is 9. The number of ether oxygens (including phenoxy) is 3. The van der Waals surface area contributed by atoms with Crippen molar-refractivity contribution in [2.75, 3.05) is 27.3 Å². The summed E-state index contributed by atoms with van der Waals surface area (Å²) in [6.45, 7) is 2.82. The Hall–Kier alpha value is -3.16. The number of carbonyl (C=O) groups excluding carboxylic acids is 2. The molecule has 0 radical (unpaired) electrons. The maximum atomic E-state index is 12.0. The number of hydrogen-bond acceptors (Lipinski definition) is 6. The highest BCUT2D eigenvalue weighted by Crippen LogP contribution is 2.27. The first-order valence-electron chi connectivity index (χ1n) is 8.60. The number of hydrogen-bond donors (Lipinski definition) is 2. The zero-order valence-corrected chi connectivity index (χ0v) is 15.7. The third-order valence-electron chi connectivity index (χ3n) is 3.74. The average Bonchev–Trinajstić information content (AvgIpc) is 3.13. The zero-order valence-electron chi connectivity index (χ0n) is 15.7. The van der Waals surface area contributed by atoms with E-state index in [-0.39, 0.29) is 17.2 Å². The van der Waals surface area contributed by atoms with Gasteiger partial charge in [-0.25, -0.2) is 4.79 Å². The molecule has 2 aromatic rings. The minimum absolute atomic E-state index is 0.0761. The number of nitrogens with one attached hydrogen (secondary N) is 2. The van der Waals surface area contributed by atoms with Crippen molar-refractivity contribution >= 4 is 12.0 Å². The van der Waals surface area contributed by atoms with E-state index in [2.05, 4.69) is 10.6 Å². The Morgan fingerprint density at radius 1 is 1.00 bits per heavy atom. The lowest BCUT2D eigenvalue weighted by molar-refractivity contribution is 0.0951. The smallest absolute Gasteiger partial charge is 0.412 e. The van der Waals surface area contributed by atoms with E-state index in [1.807, 2.05) is 19.1 Å². The predicted molar refractivity (Wildman–Crippen MR) is 98.6 cm³/mol. The standard InChI is InChI=1S/C19H24N2O6/c1-4-8-20-18(22)14-11-26-12-17(14)27-19(23)21-9-7-13-5-6-15(24-2)16(10-13)25-3/h5-6,10-12H,4,7-9H2,1-3H3,(H,20,22)(H,21,23). The van der Waals surface area contributed by atoms with Gasteiger partial charge in [-0.15, -0.1) is 0 Å². The van der Waals surface area contributed by atoms with Gasteiger partial charge in [0.1, 0.15) is 18.1 Å². The molecule has 2 amide bonds. The van der Waals surface area contributed by atoms with Crippen LogP contribution in [0.3, 0.4) is 0 Å². The lowest BCUT2D eigenvalue weighted by atomic mass is 10.1. The van der Waals surface area contributed by atoms with Crippen molar-refractivity contribution in [3.05, 3.63) is 41.9 Å². The normalized spacial score (nSPS) is 10.2. The number of benzene rings is 1. The molecule has 0 saturated carbocycles. The Morgan fingerprint density at radius 2 is 1.78 bits per heavy atom. The highest BCUT2D eigenvalue weighted by molar-refractivity contribution is 5.97. The molecule has 1 aromatic heterocycles. The van der Waals surface area contributed by atoms with Crippen LogP contribution >= 0.6 is 0 Å². The van der Waals surface area contributed by atoms with Crippen LogP contribution in [0.4, 0.5) is 4.79 Å². The molecule has 0 aliphatic carbocycles. The van der Waals surface area contributed by atoms with Crippen molar-refractivity contribution < 1.29 is 28.2 Å². The molecule has 27 heavy (non-hydrogen) atoms. The Morgan fingerprint density at radius 3 is 2.48 bits per heavy atom. The topological polar surface area (TPSA) is 99.0 Å². The van der Waals surface area contributed by atoms with Gasteiger partial charge >= 0.3 is 6.09 Å². The Kier molecular flexibility index (Phi) is 7.54. The van der Waals surface area contributed by atoms with Crippen LogP contribution in [0.5, 0.6) is 17.2 Å². The van der Waals surface area contributed by atoms with E-state index in [4.69, 9.17) is 18.6 Å². The van der Waals surface area contributed by atoms with Crippen LogP contribution in [-0.2, 0) is 6.42 Å². The lowest BCUT2D eigenvalue weighted by Crippen LogP contribution is -2.30. The third-order valence-corrected chi connectivity index (χ3v) is 3.74. The Balaban J connectivity index is 1.85. The second-order valence-electron chi connectivity index (χ2n) is 5.66. The number of amides is 2. The van der Waals surface area contributed by atoms with Gasteiger partial charge in [0, 0.05) is 13.1 Å². The van der Waals surface area contributed by atoms with Crippen molar-refractivity contribution in [2.24, 2.45) is 0 Å². The summed E-state index contributed by atoms with van der Waals surface area (Å²) in [4.78, 5) is 23.9. The quantitative estimate of drug-likeness (QED) is 0.698. The van der Waals surface area contributed by atoms with E-state index in [0.29, 0.717) is 31.0 Å². The number of furan rings is 1. The fraction of sp³-hybridized carbons (Fsp3) is 0.368. The van der Waals surface area contributed by atoms with E-state index in [9.17, 15) is 9.59 Å². The Bertz CT molecular complexity index is 771. The van der Waals surface area contributed by atoms with Crippen LogP contribution in [-0.4, -0.2) is 39.3 Å². The van der Waals surface area contributed by atoms with Crippen molar-refractivity contribution in [2.45, 2.75) is 19.8 Å². The molecule has 8 nitrogen and oxygen atoms in total. The predicted octanol–water partition coefficient (Wildman–Crippen LogP) is 2.77. The van der Waals surface area contributed by atoms with Gasteiger partial charge in [-0.2, -0.15) is 0 Å². The van der Waals surface area contributed by atoms with E-state index in [1.54, 1.807) is 20.3 Å². The number of carbonyl (C=O) groups is 2. The zero-order chi connectivity index (χ0) is 19.6. The minimum Gasteiger partial charge on any atom is -0.493 e. The molecular weight excluding hydrogens is 352 g/mol. The van der Waals surface area contributed by atoms with Gasteiger partial charge in [0.05, 0.1) is 14.2 Å². The maximum Gasteiger partial charge on any atom is 0.412 e. The fourth-order valence-electron chi connectivity index (χ4n) is 2.34. The fourth-order valence-corrected chi connectivity index (χ4v) is 2.34. The van der Waals surface area contributed by atoms with Crippen molar-refractivity contribution in [3.8, 4) is 17.2 Å². The second-order valence-corrected chi connectivity index (χ2v) is 5.66. The molecule has 146 valence electrons. The van der Waals surface area contributed by atoms with Gasteiger partial charge in [0.25, 0.3) is 5.91 Å². The van der Waals surface area contributed by atoms with Gasteiger partial charge in [-0.1, -0.05) is 13.0 Å². The largest absolute Gasteiger partial charge is 0.493 e. The van der Waals surface area contributed by atoms with Gasteiger partial charge < -0.3 is 29.3 Å². The molecule has 0 aliphatic heterocycles. The summed E-state index contributed by atoms with van der Waals surface area (Å²) in [5.41, 5.74) is 1.15. The molecule has 0 fully saturated rings. The summed E-state index contributed by atoms with van der Waals surface area (Å²) in [6.07, 6.45) is 3.18. The summed E-state index contributed by atoms with van der Waals surface area (Å²) >= 11 is 0. The van der Waals surface area contributed by atoms with E-state index < -0.39 is 6.09 Å². The van der Waals surface area contributed by atoms with Crippen molar-refractivity contribution in [1.29, 1.82) is 0 Å². The van der Waals surface area contributed by atoms with Gasteiger partial charge in [0.15, 0.2) is 17.2 Å². The Labute approximate surface area is 157 Å². The van der Waals surface area contributed by atoms with Crippen LogP contribution in [0.2, 0.25) is 0 Å². The summed E-state index contributed by atoms with van der Waals surface area (Å²) in [5.74, 6) is 0.993. The molecule has 2 rings (SSSR count). The molecule has 8 heteroatoms. The second kappa shape index (κ2) is 10.1. The molecule has 0 bridgehead atoms. The summed E-state index contributed by atoms with van der Waals surface area (Å²) < 4.78 is 20.6. The minimum atomic E-state index is -0.665. The molecule has 0 unspecified atom stereocenters. The first kappa shape index (κ1) is 20.2. The van der Waals surface area contributed by atoms with Crippen LogP contribution in [0.15, 0.2) is 35.1 Å². The van der Waals surface area contributed by atoms with Crippen LogP contribution in [0.25, 0.3) is 0 Å². The van der Waals surface area contributed by atoms with E-state index >= 15 is 0 Å². The van der Waals surface area contributed by atoms with Gasteiger partial charge in [-0.05, 0) is 30.5 Å². The molecular formula is C19H24N2O6. The highest BCUT2D eigenvalue weighted by atomic mass is 16.6. The lowest BCUT2D eigenvalue weighted by Gasteiger charge is -2.10. The average molecular weight is 376 g/mol. The molecule has 0 atom stereocenters. The van der Waals surface area contributed by atoms with Gasteiger partial charge in [-0.3, -0.25) is 4.79 Å². The molecule has 1 heterocycles. The molecule has 0 spiro atoms. The maximum absolute atomic E-state index is 12.0.